The minimum Gasteiger partial charge on any atom is -0.337 e. The second-order valence-electron chi connectivity index (χ2n) is 5.71. The van der Waals surface area contributed by atoms with E-state index in [1.54, 1.807) is 0 Å². The van der Waals surface area contributed by atoms with Crippen LogP contribution in [0.3, 0.4) is 0 Å². The molecule has 1 aliphatic carbocycles. The molecule has 19 heavy (non-hydrogen) atoms. The number of hydrogen-bond donors (Lipinski definition) is 1. The molecular weight excluding hydrogens is 236 g/mol. The molecule has 102 valence electrons. The van der Waals surface area contributed by atoms with Crippen molar-refractivity contribution in [3.8, 4) is 0 Å². The van der Waals surface area contributed by atoms with Crippen molar-refractivity contribution in [3.63, 3.8) is 0 Å². The number of nitrogens with zero attached hydrogens (tertiary/aromatic N) is 1. The predicted octanol–water partition coefficient (Wildman–Crippen LogP) is 2.10. The fourth-order valence-corrected chi connectivity index (χ4v) is 2.69. The number of nitrogens with one attached hydrogen (secondary N) is 1. The van der Waals surface area contributed by atoms with Crippen LogP contribution in [0, 0.1) is 0 Å². The molecular formula is C16H22N2O. The molecule has 0 bridgehead atoms. The van der Waals surface area contributed by atoms with Gasteiger partial charge in [0.15, 0.2) is 0 Å². The molecule has 3 nitrogen and oxygen atoms in total. The van der Waals surface area contributed by atoms with Gasteiger partial charge in [0.25, 0.3) is 0 Å². The van der Waals surface area contributed by atoms with E-state index >= 15 is 0 Å². The van der Waals surface area contributed by atoms with Crippen LogP contribution in [0.1, 0.15) is 37.3 Å². The highest BCUT2D eigenvalue weighted by molar-refractivity contribution is 5.84. The SMILES string of the molecule is CCc1ccc(CN2CCC(NC3CC3)C2=O)cc1. The maximum atomic E-state index is 12.3. The Bertz CT molecular complexity index is 450. The van der Waals surface area contributed by atoms with Gasteiger partial charge in [0.1, 0.15) is 0 Å². The van der Waals surface area contributed by atoms with Crippen molar-refractivity contribution in [2.24, 2.45) is 0 Å². The summed E-state index contributed by atoms with van der Waals surface area (Å²) < 4.78 is 0. The van der Waals surface area contributed by atoms with Gasteiger partial charge in [-0.2, -0.15) is 0 Å². The Morgan fingerprint density at radius 3 is 2.47 bits per heavy atom. The second kappa shape index (κ2) is 5.33. The number of aryl methyl sites for hydroxylation is 1. The molecule has 0 aromatic heterocycles. The third-order valence-electron chi connectivity index (χ3n) is 4.12. The number of carbonyl (C=O) groups is 1. The third kappa shape index (κ3) is 2.98. The molecule has 1 N–H and O–H groups in total. The van der Waals surface area contributed by atoms with Gasteiger partial charge in [0.05, 0.1) is 6.04 Å². The first-order valence-corrected chi connectivity index (χ1v) is 7.39. The van der Waals surface area contributed by atoms with Crippen LogP contribution in [0.4, 0.5) is 0 Å². The molecule has 1 amide bonds. The van der Waals surface area contributed by atoms with Crippen molar-refractivity contribution in [2.75, 3.05) is 6.54 Å². The number of likely N-dealkylation sites (tertiary alicyclic amines) is 1. The summed E-state index contributed by atoms with van der Waals surface area (Å²) in [5.74, 6) is 0.284. The average molecular weight is 258 g/mol. The Balaban J connectivity index is 1.58. The molecule has 0 spiro atoms. The maximum Gasteiger partial charge on any atom is 0.240 e. The van der Waals surface area contributed by atoms with Crippen molar-refractivity contribution >= 4 is 5.91 Å². The van der Waals surface area contributed by atoms with E-state index in [0.717, 1.165) is 25.9 Å². The van der Waals surface area contributed by atoms with Crippen LogP contribution in [0.15, 0.2) is 24.3 Å². The van der Waals surface area contributed by atoms with E-state index in [1.165, 1.54) is 24.0 Å². The lowest BCUT2D eigenvalue weighted by atomic mass is 10.1. The van der Waals surface area contributed by atoms with Crippen LogP contribution < -0.4 is 5.32 Å². The molecule has 1 saturated heterocycles. The summed E-state index contributed by atoms with van der Waals surface area (Å²) in [6, 6.07) is 9.30. The van der Waals surface area contributed by atoms with Crippen LogP contribution >= 0.6 is 0 Å². The van der Waals surface area contributed by atoms with Gasteiger partial charge in [-0.3, -0.25) is 4.79 Å². The van der Waals surface area contributed by atoms with Gasteiger partial charge < -0.3 is 10.2 Å². The zero-order valence-corrected chi connectivity index (χ0v) is 11.6. The molecule has 1 aromatic rings. The Morgan fingerprint density at radius 1 is 1.16 bits per heavy atom. The molecule has 1 heterocycles. The molecule has 1 saturated carbocycles. The summed E-state index contributed by atoms with van der Waals surface area (Å²) >= 11 is 0. The number of benzene rings is 1. The zero-order chi connectivity index (χ0) is 13.2. The van der Waals surface area contributed by atoms with Crippen LogP contribution in [0.25, 0.3) is 0 Å². The van der Waals surface area contributed by atoms with E-state index in [2.05, 4.69) is 36.5 Å². The van der Waals surface area contributed by atoms with Crippen molar-refractivity contribution in [1.82, 2.24) is 10.2 Å². The largest absolute Gasteiger partial charge is 0.337 e. The van der Waals surface area contributed by atoms with Crippen LogP contribution in [0.2, 0.25) is 0 Å². The summed E-state index contributed by atoms with van der Waals surface area (Å²) in [7, 11) is 0. The van der Waals surface area contributed by atoms with Gasteiger partial charge in [0, 0.05) is 19.1 Å². The van der Waals surface area contributed by atoms with E-state index in [-0.39, 0.29) is 11.9 Å². The Morgan fingerprint density at radius 2 is 1.84 bits per heavy atom. The van der Waals surface area contributed by atoms with Gasteiger partial charge >= 0.3 is 0 Å². The minimum absolute atomic E-state index is 0.0717. The Labute approximate surface area is 115 Å². The second-order valence-corrected chi connectivity index (χ2v) is 5.71. The van der Waals surface area contributed by atoms with E-state index in [0.29, 0.717) is 6.04 Å². The molecule has 1 aliphatic heterocycles. The lowest BCUT2D eigenvalue weighted by Gasteiger charge is -2.17. The van der Waals surface area contributed by atoms with Gasteiger partial charge in [-0.1, -0.05) is 31.2 Å². The summed E-state index contributed by atoms with van der Waals surface area (Å²) in [4.78, 5) is 14.2. The topological polar surface area (TPSA) is 32.3 Å². The van der Waals surface area contributed by atoms with Gasteiger partial charge in [-0.15, -0.1) is 0 Å². The molecule has 1 atom stereocenters. The molecule has 2 aliphatic rings. The fraction of sp³-hybridized carbons (Fsp3) is 0.562. The average Bonchev–Trinajstić information content (AvgIpc) is 3.19. The summed E-state index contributed by atoms with van der Waals surface area (Å²) in [5.41, 5.74) is 2.59. The normalized spacial score (nSPS) is 23.1. The van der Waals surface area contributed by atoms with Crippen molar-refractivity contribution in [3.05, 3.63) is 35.4 Å². The van der Waals surface area contributed by atoms with Crippen molar-refractivity contribution < 1.29 is 4.79 Å². The lowest BCUT2D eigenvalue weighted by molar-refractivity contribution is -0.129. The van der Waals surface area contributed by atoms with Crippen LogP contribution in [-0.2, 0) is 17.8 Å². The smallest absolute Gasteiger partial charge is 0.240 e. The summed E-state index contributed by atoms with van der Waals surface area (Å²) in [5, 5.41) is 3.45. The number of carbonyl (C=O) groups excluding carboxylic acids is 1. The van der Waals surface area contributed by atoms with Gasteiger partial charge in [0.2, 0.25) is 5.91 Å². The first-order chi connectivity index (χ1) is 9.26. The van der Waals surface area contributed by atoms with Gasteiger partial charge in [-0.05, 0) is 36.8 Å². The Hall–Kier alpha value is -1.35. The minimum atomic E-state index is 0.0717. The van der Waals surface area contributed by atoms with Gasteiger partial charge in [-0.25, -0.2) is 0 Å². The standard InChI is InChI=1S/C16H22N2O/c1-2-12-3-5-13(6-4-12)11-18-10-9-15(16(18)19)17-14-7-8-14/h3-6,14-15,17H,2,7-11H2,1H3. The third-order valence-corrected chi connectivity index (χ3v) is 4.12. The summed E-state index contributed by atoms with van der Waals surface area (Å²) in [6.07, 6.45) is 4.50. The highest BCUT2D eigenvalue weighted by Crippen LogP contribution is 2.23. The monoisotopic (exact) mass is 258 g/mol. The van der Waals surface area contributed by atoms with Crippen LogP contribution in [-0.4, -0.2) is 29.4 Å². The first-order valence-electron chi connectivity index (χ1n) is 7.39. The number of amides is 1. The predicted molar refractivity (Wildman–Crippen MR) is 75.8 cm³/mol. The van der Waals surface area contributed by atoms with E-state index in [9.17, 15) is 4.79 Å². The lowest BCUT2D eigenvalue weighted by Crippen LogP contribution is -2.39. The highest BCUT2D eigenvalue weighted by atomic mass is 16.2. The van der Waals surface area contributed by atoms with Crippen LogP contribution in [0.5, 0.6) is 0 Å². The van der Waals surface area contributed by atoms with E-state index in [4.69, 9.17) is 0 Å². The molecule has 2 fully saturated rings. The molecule has 0 radical (unpaired) electrons. The number of hydrogen-bond acceptors (Lipinski definition) is 2. The zero-order valence-electron chi connectivity index (χ0n) is 11.6. The molecule has 1 unspecified atom stereocenters. The fourth-order valence-electron chi connectivity index (χ4n) is 2.69. The molecule has 3 rings (SSSR count). The summed E-state index contributed by atoms with van der Waals surface area (Å²) in [6.45, 7) is 3.80. The molecule has 3 heteroatoms. The van der Waals surface area contributed by atoms with Crippen molar-refractivity contribution in [2.45, 2.75) is 51.2 Å². The highest BCUT2D eigenvalue weighted by Gasteiger charge is 2.35. The maximum absolute atomic E-state index is 12.3. The van der Waals surface area contributed by atoms with Crippen molar-refractivity contribution in [1.29, 1.82) is 0 Å². The molecule has 1 aromatic carbocycles. The first kappa shape index (κ1) is 12.7. The van der Waals surface area contributed by atoms with E-state index in [1.807, 2.05) is 4.90 Å². The number of rotatable bonds is 5. The van der Waals surface area contributed by atoms with E-state index < -0.39 is 0 Å². The Kier molecular flexibility index (Phi) is 3.56. The quantitative estimate of drug-likeness (QED) is 0.877.